The molecule has 0 radical (unpaired) electrons. The molecule has 0 saturated heterocycles. The van der Waals surface area contributed by atoms with E-state index in [0.29, 0.717) is 5.56 Å². The predicted octanol–water partition coefficient (Wildman–Crippen LogP) is 3.15. The van der Waals surface area contributed by atoms with Crippen LogP contribution in [0.2, 0.25) is 0 Å². The molecule has 1 aliphatic rings. The highest BCUT2D eigenvalue weighted by Crippen LogP contribution is 2.41. The van der Waals surface area contributed by atoms with Gasteiger partial charge >= 0.3 is 6.18 Å². The van der Waals surface area contributed by atoms with Crippen molar-refractivity contribution >= 4 is 11.6 Å². The molecule has 1 atom stereocenters. The highest BCUT2D eigenvalue weighted by molar-refractivity contribution is 6.05. The maximum absolute atomic E-state index is 13.5. The van der Waals surface area contributed by atoms with Gasteiger partial charge in [0, 0.05) is 12.4 Å². The lowest BCUT2D eigenvalue weighted by Gasteiger charge is -2.32. The molecular weight excluding hydrogens is 347 g/mol. The number of nitrogens with zero attached hydrogens (tertiary/aromatic N) is 3. The Morgan fingerprint density at radius 3 is 2.50 bits per heavy atom. The van der Waals surface area contributed by atoms with Gasteiger partial charge in [0.05, 0.1) is 17.7 Å². The minimum absolute atomic E-state index is 0.00952. The summed E-state index contributed by atoms with van der Waals surface area (Å²) in [6.45, 7) is 1.96. The van der Waals surface area contributed by atoms with Gasteiger partial charge in [0.2, 0.25) is 0 Å². The van der Waals surface area contributed by atoms with Gasteiger partial charge in [-0.05, 0) is 29.7 Å². The van der Waals surface area contributed by atoms with Crippen molar-refractivity contribution in [1.82, 2.24) is 9.99 Å². The average molecular weight is 363 g/mol. The van der Waals surface area contributed by atoms with Crippen LogP contribution in [0, 0.1) is 0 Å². The number of alkyl halides is 3. The summed E-state index contributed by atoms with van der Waals surface area (Å²) in [5.41, 5.74) is -2.07. The van der Waals surface area contributed by atoms with E-state index < -0.39 is 24.2 Å². The number of benzene rings is 1. The first kappa shape index (κ1) is 18.1. The molecule has 1 aromatic carbocycles. The Labute approximate surface area is 147 Å². The van der Waals surface area contributed by atoms with Crippen LogP contribution < -0.4 is 0 Å². The number of carbonyl (C=O) groups is 1. The number of aliphatic hydroxyl groups is 1. The van der Waals surface area contributed by atoms with Crippen molar-refractivity contribution in [3.05, 3.63) is 65.5 Å². The summed E-state index contributed by atoms with van der Waals surface area (Å²) in [5.74, 6) is -1.07. The molecule has 136 valence electrons. The van der Waals surface area contributed by atoms with Crippen molar-refractivity contribution in [3.63, 3.8) is 0 Å². The zero-order valence-corrected chi connectivity index (χ0v) is 13.9. The standard InChI is InChI=1S/C18H16F3N3O2/c1-2-12-5-7-13(8-6-12)15-10-17(26,18(19,20)21)24(23-15)16(25)14-4-3-9-22-11-14/h3-9,11,26H,2,10H2,1H3/t17-/m0/s1. The first-order chi connectivity index (χ1) is 12.3. The molecule has 1 aliphatic heterocycles. The first-order valence-electron chi connectivity index (χ1n) is 7.97. The van der Waals surface area contributed by atoms with E-state index in [0.717, 1.165) is 18.2 Å². The Morgan fingerprint density at radius 1 is 1.27 bits per heavy atom. The summed E-state index contributed by atoms with van der Waals surface area (Å²) in [6, 6.07) is 9.55. The molecule has 5 nitrogen and oxygen atoms in total. The topological polar surface area (TPSA) is 65.8 Å². The molecule has 8 heteroatoms. The van der Waals surface area contributed by atoms with Crippen LogP contribution in [0.5, 0.6) is 0 Å². The van der Waals surface area contributed by atoms with Crippen molar-refractivity contribution in [3.8, 4) is 0 Å². The Balaban J connectivity index is 2.02. The Hall–Kier alpha value is -2.74. The number of aromatic nitrogens is 1. The number of amides is 1. The number of hydrogen-bond donors (Lipinski definition) is 1. The van der Waals surface area contributed by atoms with Gasteiger partial charge in [0.1, 0.15) is 0 Å². The maximum Gasteiger partial charge on any atom is 0.438 e. The summed E-state index contributed by atoms with van der Waals surface area (Å²) < 4.78 is 40.6. The van der Waals surface area contributed by atoms with Gasteiger partial charge in [-0.1, -0.05) is 31.2 Å². The number of halogens is 3. The van der Waals surface area contributed by atoms with Crippen LogP contribution in [-0.4, -0.2) is 38.6 Å². The summed E-state index contributed by atoms with van der Waals surface area (Å²) in [7, 11) is 0. The molecule has 0 bridgehead atoms. The van der Waals surface area contributed by atoms with Crippen LogP contribution in [0.25, 0.3) is 0 Å². The van der Waals surface area contributed by atoms with Crippen LogP contribution in [0.3, 0.4) is 0 Å². The predicted molar refractivity (Wildman–Crippen MR) is 88.4 cm³/mol. The third-order valence-corrected chi connectivity index (χ3v) is 4.24. The summed E-state index contributed by atoms with van der Waals surface area (Å²) in [5, 5.41) is 14.2. The van der Waals surface area contributed by atoms with E-state index >= 15 is 0 Å². The largest absolute Gasteiger partial charge is 0.438 e. The summed E-state index contributed by atoms with van der Waals surface area (Å²) >= 11 is 0. The van der Waals surface area contributed by atoms with E-state index in [4.69, 9.17) is 0 Å². The fourth-order valence-electron chi connectivity index (χ4n) is 2.69. The van der Waals surface area contributed by atoms with E-state index in [1.165, 1.54) is 18.3 Å². The highest BCUT2D eigenvalue weighted by atomic mass is 19.4. The van der Waals surface area contributed by atoms with Crippen LogP contribution >= 0.6 is 0 Å². The third-order valence-electron chi connectivity index (χ3n) is 4.24. The molecule has 0 saturated carbocycles. The number of rotatable bonds is 3. The zero-order chi connectivity index (χ0) is 18.9. The van der Waals surface area contributed by atoms with Crippen molar-refractivity contribution in [2.75, 3.05) is 0 Å². The second-order valence-electron chi connectivity index (χ2n) is 5.95. The molecule has 0 aliphatic carbocycles. The Bertz CT molecular complexity index is 835. The molecule has 1 amide bonds. The minimum Gasteiger partial charge on any atom is -0.362 e. The number of hydrogen-bond acceptors (Lipinski definition) is 4. The van der Waals surface area contributed by atoms with E-state index in [1.54, 1.807) is 24.3 Å². The van der Waals surface area contributed by atoms with E-state index in [9.17, 15) is 23.1 Å². The van der Waals surface area contributed by atoms with Crippen LogP contribution in [0.4, 0.5) is 13.2 Å². The summed E-state index contributed by atoms with van der Waals surface area (Å²) in [6.07, 6.45) is -2.61. The van der Waals surface area contributed by atoms with Crippen molar-refractivity contribution < 1.29 is 23.1 Å². The zero-order valence-electron chi connectivity index (χ0n) is 13.9. The van der Waals surface area contributed by atoms with Crippen molar-refractivity contribution in [2.45, 2.75) is 31.7 Å². The van der Waals surface area contributed by atoms with E-state index in [-0.39, 0.29) is 16.3 Å². The molecule has 0 unspecified atom stereocenters. The fourth-order valence-corrected chi connectivity index (χ4v) is 2.69. The van der Waals surface area contributed by atoms with Crippen molar-refractivity contribution in [2.24, 2.45) is 5.10 Å². The monoisotopic (exact) mass is 363 g/mol. The van der Waals surface area contributed by atoms with Gasteiger partial charge in [-0.3, -0.25) is 9.78 Å². The van der Waals surface area contributed by atoms with Gasteiger partial charge in [-0.25, -0.2) is 0 Å². The second-order valence-corrected chi connectivity index (χ2v) is 5.95. The molecule has 3 rings (SSSR count). The van der Waals surface area contributed by atoms with Crippen LogP contribution in [0.15, 0.2) is 53.9 Å². The molecule has 1 aromatic heterocycles. The maximum atomic E-state index is 13.5. The van der Waals surface area contributed by atoms with Crippen LogP contribution in [0.1, 0.15) is 34.8 Å². The first-order valence-corrected chi connectivity index (χ1v) is 7.97. The lowest BCUT2D eigenvalue weighted by Crippen LogP contribution is -2.56. The molecule has 0 spiro atoms. The smallest absolute Gasteiger partial charge is 0.362 e. The van der Waals surface area contributed by atoms with Gasteiger partial charge in [0.25, 0.3) is 11.6 Å². The number of pyridine rings is 1. The number of carbonyl (C=O) groups excluding carboxylic acids is 1. The minimum atomic E-state index is -5.07. The van der Waals surface area contributed by atoms with Crippen LogP contribution in [-0.2, 0) is 6.42 Å². The highest BCUT2D eigenvalue weighted by Gasteiger charge is 2.63. The average Bonchev–Trinajstić information content (AvgIpc) is 3.01. The number of aryl methyl sites for hydroxylation is 1. The lowest BCUT2D eigenvalue weighted by molar-refractivity contribution is -0.297. The van der Waals surface area contributed by atoms with Crippen molar-refractivity contribution in [1.29, 1.82) is 0 Å². The molecular formula is C18H16F3N3O2. The Kier molecular flexibility index (Phi) is 4.53. The normalized spacial score (nSPS) is 20.2. The second kappa shape index (κ2) is 6.53. The fraction of sp³-hybridized carbons (Fsp3) is 0.278. The molecule has 26 heavy (non-hydrogen) atoms. The quantitative estimate of drug-likeness (QED) is 0.911. The van der Waals surface area contributed by atoms with Gasteiger partial charge in [-0.15, -0.1) is 0 Å². The SMILES string of the molecule is CCc1ccc(C2=NN(C(=O)c3cccnc3)[C@@](O)(C(F)(F)F)C2)cc1. The van der Waals surface area contributed by atoms with Gasteiger partial charge < -0.3 is 5.11 Å². The van der Waals surface area contributed by atoms with Gasteiger partial charge in [-0.2, -0.15) is 23.3 Å². The molecule has 2 heterocycles. The van der Waals surface area contributed by atoms with E-state index in [1.807, 2.05) is 6.92 Å². The molecule has 1 N–H and O–H groups in total. The lowest BCUT2D eigenvalue weighted by atomic mass is 9.99. The van der Waals surface area contributed by atoms with Gasteiger partial charge in [0.15, 0.2) is 0 Å². The summed E-state index contributed by atoms with van der Waals surface area (Å²) in [4.78, 5) is 16.2. The number of hydrazone groups is 1. The molecule has 2 aromatic rings. The Morgan fingerprint density at radius 2 is 1.96 bits per heavy atom. The van der Waals surface area contributed by atoms with E-state index in [2.05, 4.69) is 10.1 Å². The molecule has 0 fully saturated rings. The third kappa shape index (κ3) is 3.08.